The molecular weight excluding hydrogens is 1550 g/mol. The van der Waals surface area contributed by atoms with Crippen LogP contribution in [0.1, 0.15) is 363 Å². The number of para-hydroxylation sites is 1. The van der Waals surface area contributed by atoms with Crippen LogP contribution in [0.5, 0.6) is 11.5 Å². The van der Waals surface area contributed by atoms with Gasteiger partial charge in [0.25, 0.3) is 0 Å². The summed E-state index contributed by atoms with van der Waals surface area (Å²) in [6.45, 7) is 79.5. The van der Waals surface area contributed by atoms with Crippen LogP contribution in [0.15, 0.2) is 146 Å². The predicted molar refractivity (Wildman–Crippen MR) is 525 cm³/mol. The lowest BCUT2D eigenvalue weighted by Crippen LogP contribution is -2.10. The Kier molecular flexibility index (Phi) is 175. The Hall–Kier alpha value is -8.35. The number of ether oxygens (including phenoxy) is 5. The zero-order valence-corrected chi connectivity index (χ0v) is 84.4. The molecule has 0 aliphatic rings. The minimum Gasteiger partial charge on any atom is -0.497 e. The number of nitrogens with two attached hydrogens (primary N) is 1. The number of benzene rings is 5. The molecule has 121 heavy (non-hydrogen) atoms. The van der Waals surface area contributed by atoms with Crippen molar-refractivity contribution in [1.82, 2.24) is 0 Å². The molecule has 0 aliphatic heterocycles. The second kappa shape index (κ2) is 135. The van der Waals surface area contributed by atoms with Crippen LogP contribution < -0.4 is 15.2 Å². The van der Waals surface area contributed by atoms with E-state index in [1.165, 1.54) is 160 Å². The van der Waals surface area contributed by atoms with Crippen molar-refractivity contribution >= 4 is 53.7 Å². The third kappa shape index (κ3) is 235. The molecule has 5 aromatic carbocycles. The molecule has 0 aromatic heterocycles. The number of hydrogen-bond acceptors (Lipinski definition) is 12. The summed E-state index contributed by atoms with van der Waals surface area (Å²) in [6, 6.07) is 42.9. The van der Waals surface area contributed by atoms with E-state index in [4.69, 9.17) is 21.3 Å². The molecule has 0 fully saturated rings. The van der Waals surface area contributed by atoms with Gasteiger partial charge in [-0.15, -0.1) is 12.4 Å². The first-order valence-electron chi connectivity index (χ1n) is 43.1. The molecule has 0 heterocycles. The lowest BCUT2D eigenvalue weighted by Gasteiger charge is -2.05. The third-order valence-electron chi connectivity index (χ3n) is 10.7. The van der Waals surface area contributed by atoms with Gasteiger partial charge in [-0.1, -0.05) is 369 Å². The second-order valence-corrected chi connectivity index (χ2v) is 26.2. The number of ketones is 1. The van der Waals surface area contributed by atoms with Crippen LogP contribution in [0.25, 0.3) is 4.85 Å². The molecule has 14 nitrogen and oxygen atoms in total. The van der Waals surface area contributed by atoms with E-state index in [9.17, 15) is 46.3 Å². The molecule has 712 valence electrons. The normalized spacial score (nSPS) is 8.42. The number of nitriles is 1. The van der Waals surface area contributed by atoms with E-state index in [0.717, 1.165) is 17.2 Å². The largest absolute Gasteiger partial charge is 0.497 e. The summed E-state index contributed by atoms with van der Waals surface area (Å²) < 4.78 is 66.5. The van der Waals surface area contributed by atoms with Crippen LogP contribution in [0.4, 0.5) is 23.2 Å². The van der Waals surface area contributed by atoms with Gasteiger partial charge in [0.1, 0.15) is 23.1 Å². The number of nitrogens with zero attached hydrogens (tertiary/aromatic N) is 2. The fourth-order valence-corrected chi connectivity index (χ4v) is 6.11. The molecule has 0 unspecified atom stereocenters. The number of rotatable bonds is 21. The average Bonchev–Trinajstić information content (AvgIpc) is 1.05. The van der Waals surface area contributed by atoms with Crippen molar-refractivity contribution in [3.05, 3.63) is 185 Å². The molecule has 0 atom stereocenters. The van der Waals surface area contributed by atoms with Gasteiger partial charge < -0.3 is 34.2 Å². The zero-order valence-electron chi connectivity index (χ0n) is 83.6. The van der Waals surface area contributed by atoms with Crippen molar-refractivity contribution in [2.45, 2.75) is 373 Å². The lowest BCUT2D eigenvalue weighted by atomic mass is 10.0. The number of Topliss-reactive ketones (excluding diaryl/α,β-unsaturated/α-hetero) is 1. The van der Waals surface area contributed by atoms with Gasteiger partial charge in [-0.05, 0) is 136 Å². The summed E-state index contributed by atoms with van der Waals surface area (Å²) in [5.74, 6) is 1.28. The number of primary amides is 1. The van der Waals surface area contributed by atoms with Crippen LogP contribution in [-0.4, -0.2) is 68.7 Å². The maximum Gasteiger partial charge on any atom is 0.386 e. The molecule has 5 aromatic rings. The number of methoxy groups -OCH3 is 1. The monoisotopic (exact) mass is 1740 g/mol. The first-order valence-corrected chi connectivity index (χ1v) is 43.1. The summed E-state index contributed by atoms with van der Waals surface area (Å²) in [4.78, 5) is 62.9. The van der Waals surface area contributed by atoms with Gasteiger partial charge in [0.15, 0.2) is 5.69 Å². The molecular formula is C102H188ClF4N3O11. The first kappa shape index (κ1) is 157. The van der Waals surface area contributed by atoms with E-state index < -0.39 is 6.18 Å². The summed E-state index contributed by atoms with van der Waals surface area (Å²) >= 11 is 0. The Morgan fingerprint density at radius 3 is 0.950 bits per heavy atom. The highest BCUT2D eigenvalue weighted by Gasteiger charge is 2.15. The smallest absolute Gasteiger partial charge is 0.386 e. The number of hydrogen-bond donors (Lipinski definition) is 1. The lowest BCUT2D eigenvalue weighted by molar-refractivity contribution is -0.147. The third-order valence-corrected chi connectivity index (χ3v) is 10.7. The van der Waals surface area contributed by atoms with Crippen LogP contribution in [0, 0.1) is 68.7 Å². The van der Waals surface area contributed by atoms with Crippen LogP contribution in [-0.2, 0) is 43.0 Å². The van der Waals surface area contributed by atoms with Gasteiger partial charge >= 0.3 is 30.1 Å². The Morgan fingerprint density at radius 2 is 0.752 bits per heavy atom. The molecule has 0 radical (unpaired) electrons. The van der Waals surface area contributed by atoms with Crippen LogP contribution in [0.2, 0.25) is 0 Å². The molecule has 0 saturated heterocycles. The first-order chi connectivity index (χ1) is 55.9. The van der Waals surface area contributed by atoms with E-state index in [2.05, 4.69) is 125 Å². The number of amides is 1. The average molecular weight is 1740 g/mol. The molecule has 19 heteroatoms. The van der Waals surface area contributed by atoms with E-state index >= 15 is 0 Å². The van der Waals surface area contributed by atoms with Gasteiger partial charge in [-0.3, -0.25) is 24.0 Å². The fraction of sp³-hybridized carbons (Fsp3) is 0.608. The van der Waals surface area contributed by atoms with Crippen molar-refractivity contribution in [2.75, 3.05) is 26.9 Å². The summed E-state index contributed by atoms with van der Waals surface area (Å²) in [6.07, 6.45) is 20.9. The van der Waals surface area contributed by atoms with Crippen molar-refractivity contribution in [3.8, 4) is 17.6 Å². The second-order valence-electron chi connectivity index (χ2n) is 26.2. The van der Waals surface area contributed by atoms with E-state index in [1.807, 2.05) is 196 Å². The number of esters is 4. The zero-order chi connectivity index (χ0) is 96.9. The Bertz CT molecular complexity index is 2800. The quantitative estimate of drug-likeness (QED) is 0.0139. The molecule has 2 N–H and O–H groups in total. The number of aryl methyl sites for hydroxylation is 4. The van der Waals surface area contributed by atoms with Gasteiger partial charge in [0.05, 0.1) is 45.5 Å². The van der Waals surface area contributed by atoms with Crippen LogP contribution >= 0.6 is 12.4 Å². The van der Waals surface area contributed by atoms with E-state index in [1.54, 1.807) is 65.1 Å². The molecule has 0 spiro atoms. The number of carbonyl (C=O) groups is 6. The van der Waals surface area contributed by atoms with Crippen molar-refractivity contribution in [2.24, 2.45) is 23.0 Å². The van der Waals surface area contributed by atoms with Gasteiger partial charge in [0, 0.05) is 42.5 Å². The highest BCUT2D eigenvalue weighted by Crippen LogP contribution is 2.14. The minimum atomic E-state index is -4.00. The van der Waals surface area contributed by atoms with E-state index in [0.29, 0.717) is 43.1 Å². The summed E-state index contributed by atoms with van der Waals surface area (Å²) in [7, 11) is 1.67. The SMILES string of the molecule is C.CC.CC.CC.CC.CC.CC.CC#N.CC(=O)Oc1ccccc1.CC(C)(C)C.CC(C)=O.CC(C)C.CC(F)(F)F.CC(N)=O.CCCCCCCC/C=C\CCCCCCCC.CCOC(=O)C(C)C.CCOC(=O)CC.CCOC(C)=O.COc1ccc(C)cc1.Cc1ccc(F)cc1.Cc1ccccc1.Cl.[C-]#[N+]c1ccc(C)cc1.[HH]. The Balaban J connectivity index is -0.0000000552. The minimum absolute atomic E-state index is 0. The molecule has 0 bridgehead atoms. The van der Waals surface area contributed by atoms with Crippen molar-refractivity contribution in [1.29, 1.82) is 5.26 Å². The van der Waals surface area contributed by atoms with Crippen molar-refractivity contribution < 1.29 is 71.4 Å². The highest BCUT2D eigenvalue weighted by molar-refractivity contribution is 5.85. The van der Waals surface area contributed by atoms with Crippen LogP contribution in [0.3, 0.4) is 0 Å². The predicted octanol–water partition coefficient (Wildman–Crippen LogP) is 33.4. The molecule has 0 saturated carbocycles. The van der Waals surface area contributed by atoms with Gasteiger partial charge in [-0.25, -0.2) is 9.24 Å². The summed E-state index contributed by atoms with van der Waals surface area (Å²) in [5, 5.41) is 7.32. The Labute approximate surface area is 752 Å². The molecule has 1 amide bonds. The maximum absolute atomic E-state index is 12.1. The standard InChI is InChI=1S/C18H36.C8H7N.C8H8O2.C8H10O.C7H7F.C7H8.C6H12O2.C5H10O2.C5H12.C4H8O2.C4H10.C3H6O.C2H3F3.C2H5NO.C2H3N.6C2H6.CH4.ClH.H2/c1-3-5-7-9-11-13-15-17-18-16-14-12-10-8-6-4-2;1-7-3-5-8(9-2)6-4-7;1-7(9)10-8-5-3-2-4-6-8;1-7-3-5-8(9-2)6-4-7;1-6-2-4-7(8)5-3-6;1-7-5-3-2-4-6-7;1-4-8-6(7)5(2)3;1-3-5(6)7-4-2;1-5(2,3)4;1-3-6-4(2)5;1-4(2)3;1-3(2)4;1-2(3,4)5;1-2(3)4;1-2-3;6*1-2;;;/h17-18H,3-16H2,1-2H3;3-6H,1H3;2-6H,1H3;3-6H,1-2H3;2-5H,1H3;2-6H,1H3;5H,4H2,1-3H3;3-4H2,1-2H3;1-4H3;3H2,1-2H3;4H,1-3H3;1-2H3;1H3;1H3,(H2,3,4);1H3;6*1-2H3;1H4;2*1H/b18-17-;;;;;;;;;;;;;;;;;;;;;;;. The highest BCUT2D eigenvalue weighted by atomic mass is 35.5. The number of unbranched alkanes of at least 4 members (excludes halogenated alkanes) is 12. The van der Waals surface area contributed by atoms with Crippen molar-refractivity contribution in [3.63, 3.8) is 0 Å². The van der Waals surface area contributed by atoms with E-state index in [-0.39, 0.29) is 75.5 Å². The maximum atomic E-state index is 12.1. The summed E-state index contributed by atoms with van der Waals surface area (Å²) in [5.41, 5.74) is 10.5. The number of halogens is 5. The van der Waals surface area contributed by atoms with Gasteiger partial charge in [-0.2, -0.15) is 18.4 Å². The topological polar surface area (TPSA) is 203 Å². The number of carbonyl (C=O) groups excluding carboxylic acids is 6. The van der Waals surface area contributed by atoms with Gasteiger partial charge in [0.2, 0.25) is 5.91 Å². The molecule has 0 aliphatic carbocycles. The number of allylic oxidation sites excluding steroid dienone is 2. The molecule has 5 rings (SSSR count). The Morgan fingerprint density at radius 1 is 0.488 bits per heavy atom. The fourth-order valence-electron chi connectivity index (χ4n) is 6.11. The number of alkyl halides is 3.